The number of benzene rings is 3. The van der Waals surface area contributed by atoms with Gasteiger partial charge in [0.15, 0.2) is 0 Å². The lowest BCUT2D eigenvalue weighted by atomic mass is 10.00. The van der Waals surface area contributed by atoms with Crippen molar-refractivity contribution in [2.24, 2.45) is 11.7 Å². The summed E-state index contributed by atoms with van der Waals surface area (Å²) < 4.78 is 0. The number of H-pyrrole nitrogens is 1. The molecule has 10 nitrogen and oxygen atoms in total. The van der Waals surface area contributed by atoms with Gasteiger partial charge in [0, 0.05) is 29.9 Å². The Morgan fingerprint density at radius 3 is 1.84 bits per heavy atom. The number of carbonyl (C=O) groups excluding carboxylic acids is 3. The second kappa shape index (κ2) is 15.0. The lowest BCUT2D eigenvalue weighted by Gasteiger charge is -2.26. The molecule has 0 aliphatic carbocycles. The monoisotopic (exact) mass is 597 g/mol. The van der Waals surface area contributed by atoms with Crippen LogP contribution in [0.4, 0.5) is 0 Å². The molecule has 0 saturated carbocycles. The zero-order valence-electron chi connectivity index (χ0n) is 24.8. The minimum Gasteiger partial charge on any atom is -0.480 e. The predicted molar refractivity (Wildman–Crippen MR) is 169 cm³/mol. The van der Waals surface area contributed by atoms with E-state index in [4.69, 9.17) is 5.73 Å². The highest BCUT2D eigenvalue weighted by Gasteiger charge is 2.32. The van der Waals surface area contributed by atoms with Crippen LogP contribution in [0.15, 0.2) is 91.1 Å². The van der Waals surface area contributed by atoms with Gasteiger partial charge in [-0.3, -0.25) is 14.4 Å². The highest BCUT2D eigenvalue weighted by molar-refractivity contribution is 5.95. The molecule has 0 saturated heterocycles. The van der Waals surface area contributed by atoms with E-state index in [1.165, 1.54) is 0 Å². The van der Waals surface area contributed by atoms with E-state index in [1.54, 1.807) is 20.0 Å². The number of carboxylic acid groups (broad SMARTS) is 1. The molecule has 1 heterocycles. The summed E-state index contributed by atoms with van der Waals surface area (Å²) in [4.78, 5) is 55.7. The summed E-state index contributed by atoms with van der Waals surface area (Å²) in [5.41, 5.74) is 9.54. The van der Waals surface area contributed by atoms with Gasteiger partial charge in [0.2, 0.25) is 17.7 Å². The number of fused-ring (bicyclic) bond motifs is 1. The molecule has 230 valence electrons. The molecule has 4 unspecified atom stereocenters. The number of amides is 3. The maximum absolute atomic E-state index is 13.9. The van der Waals surface area contributed by atoms with Crippen molar-refractivity contribution in [1.82, 2.24) is 20.9 Å². The van der Waals surface area contributed by atoms with Crippen LogP contribution < -0.4 is 21.7 Å². The number of para-hydroxylation sites is 1. The molecule has 3 aromatic carbocycles. The first-order valence-corrected chi connectivity index (χ1v) is 14.6. The molecule has 10 heteroatoms. The van der Waals surface area contributed by atoms with E-state index in [-0.39, 0.29) is 19.3 Å². The highest BCUT2D eigenvalue weighted by Crippen LogP contribution is 2.20. The van der Waals surface area contributed by atoms with Crippen LogP contribution in [0.5, 0.6) is 0 Å². The van der Waals surface area contributed by atoms with Crippen LogP contribution in [-0.4, -0.2) is 57.9 Å². The molecular weight excluding hydrogens is 558 g/mol. The summed E-state index contributed by atoms with van der Waals surface area (Å²) >= 11 is 0. The largest absolute Gasteiger partial charge is 0.480 e. The highest BCUT2D eigenvalue weighted by atomic mass is 16.4. The van der Waals surface area contributed by atoms with Crippen molar-refractivity contribution >= 4 is 34.6 Å². The summed E-state index contributed by atoms with van der Waals surface area (Å²) in [6.45, 7) is 3.38. The molecule has 0 radical (unpaired) electrons. The summed E-state index contributed by atoms with van der Waals surface area (Å²) in [5.74, 6) is -3.31. The standard InChI is InChI=1S/C34H39N5O5/c1-21(2)30(34(43)44)39-33(42)29(19-24-20-36-27-16-10-9-15-25(24)27)38-32(41)28(18-23-13-7-4-8-14-23)37-31(40)26(35)17-22-11-5-3-6-12-22/h3-16,20-21,26,28-30,36H,17-19,35H2,1-2H3,(H,37,40)(H,38,41)(H,39,42)(H,43,44). The molecule has 0 aliphatic heterocycles. The Morgan fingerprint density at radius 2 is 1.23 bits per heavy atom. The average molecular weight is 598 g/mol. The number of rotatable bonds is 14. The molecular formula is C34H39N5O5. The SMILES string of the molecule is CC(C)C(NC(=O)C(Cc1c[nH]c2ccccc12)NC(=O)C(Cc1ccccc1)NC(=O)C(N)Cc1ccccc1)C(=O)O. The van der Waals surface area contributed by atoms with Crippen molar-refractivity contribution in [2.75, 3.05) is 0 Å². The lowest BCUT2D eigenvalue weighted by molar-refractivity contribution is -0.143. The maximum Gasteiger partial charge on any atom is 0.326 e. The molecule has 0 aliphatic rings. The van der Waals surface area contributed by atoms with Gasteiger partial charge in [-0.2, -0.15) is 0 Å². The molecule has 4 aromatic rings. The smallest absolute Gasteiger partial charge is 0.326 e. The van der Waals surface area contributed by atoms with Crippen molar-refractivity contribution in [1.29, 1.82) is 0 Å². The van der Waals surface area contributed by atoms with Gasteiger partial charge in [-0.15, -0.1) is 0 Å². The molecule has 44 heavy (non-hydrogen) atoms. The number of hydrogen-bond acceptors (Lipinski definition) is 5. The number of carboxylic acids is 1. The van der Waals surface area contributed by atoms with E-state index in [9.17, 15) is 24.3 Å². The topological polar surface area (TPSA) is 166 Å². The zero-order valence-corrected chi connectivity index (χ0v) is 24.8. The van der Waals surface area contributed by atoms with Crippen molar-refractivity contribution in [2.45, 2.75) is 57.3 Å². The molecule has 4 rings (SSSR count). The van der Waals surface area contributed by atoms with Crippen molar-refractivity contribution in [3.63, 3.8) is 0 Å². The van der Waals surface area contributed by atoms with Crippen molar-refractivity contribution in [3.8, 4) is 0 Å². The second-order valence-electron chi connectivity index (χ2n) is 11.2. The van der Waals surface area contributed by atoms with Crippen LogP contribution in [0.2, 0.25) is 0 Å². The van der Waals surface area contributed by atoms with Crippen LogP contribution >= 0.6 is 0 Å². The molecule has 3 amide bonds. The van der Waals surface area contributed by atoms with Gasteiger partial charge in [0.05, 0.1) is 6.04 Å². The van der Waals surface area contributed by atoms with Gasteiger partial charge in [-0.05, 0) is 35.1 Å². The van der Waals surface area contributed by atoms with Gasteiger partial charge in [0.25, 0.3) is 0 Å². The Balaban J connectivity index is 1.58. The third-order valence-electron chi connectivity index (χ3n) is 7.51. The molecule has 0 fully saturated rings. The van der Waals surface area contributed by atoms with Gasteiger partial charge in [0.1, 0.15) is 18.1 Å². The van der Waals surface area contributed by atoms with E-state index in [0.29, 0.717) is 0 Å². The number of aromatic nitrogens is 1. The Morgan fingerprint density at radius 1 is 0.705 bits per heavy atom. The quantitative estimate of drug-likeness (QED) is 0.131. The average Bonchev–Trinajstić information content (AvgIpc) is 3.42. The van der Waals surface area contributed by atoms with Crippen LogP contribution in [0.1, 0.15) is 30.5 Å². The fourth-order valence-electron chi connectivity index (χ4n) is 5.07. The van der Waals surface area contributed by atoms with E-state index in [2.05, 4.69) is 20.9 Å². The lowest BCUT2D eigenvalue weighted by Crippen LogP contribution is -2.58. The molecule has 4 atom stereocenters. The minimum atomic E-state index is -1.17. The van der Waals surface area contributed by atoms with Gasteiger partial charge < -0.3 is 31.8 Å². The molecule has 1 aromatic heterocycles. The minimum absolute atomic E-state index is 0.0888. The van der Waals surface area contributed by atoms with E-state index in [1.807, 2.05) is 84.9 Å². The molecule has 7 N–H and O–H groups in total. The van der Waals surface area contributed by atoms with Crippen LogP contribution in [-0.2, 0) is 38.4 Å². The maximum atomic E-state index is 13.9. The second-order valence-corrected chi connectivity index (χ2v) is 11.2. The summed E-state index contributed by atoms with van der Waals surface area (Å²) in [6, 6.07) is 21.8. The number of carbonyl (C=O) groups is 4. The fourth-order valence-corrected chi connectivity index (χ4v) is 5.07. The number of aliphatic carboxylic acids is 1. The normalized spacial score (nSPS) is 13.9. The van der Waals surface area contributed by atoms with Gasteiger partial charge in [-0.1, -0.05) is 92.7 Å². The van der Waals surface area contributed by atoms with Crippen molar-refractivity contribution < 1.29 is 24.3 Å². The third-order valence-corrected chi connectivity index (χ3v) is 7.51. The number of hydrogen-bond donors (Lipinski definition) is 6. The van der Waals surface area contributed by atoms with Crippen LogP contribution in [0.3, 0.4) is 0 Å². The van der Waals surface area contributed by atoms with Gasteiger partial charge >= 0.3 is 5.97 Å². The third kappa shape index (κ3) is 8.54. The first-order chi connectivity index (χ1) is 21.1. The first-order valence-electron chi connectivity index (χ1n) is 14.6. The zero-order chi connectivity index (χ0) is 31.6. The number of aromatic amines is 1. The van der Waals surface area contributed by atoms with Gasteiger partial charge in [-0.25, -0.2) is 4.79 Å². The van der Waals surface area contributed by atoms with Crippen LogP contribution in [0.25, 0.3) is 10.9 Å². The Kier molecular flexibility index (Phi) is 10.9. The fraction of sp³-hybridized carbons (Fsp3) is 0.294. The van der Waals surface area contributed by atoms with Crippen LogP contribution in [0, 0.1) is 5.92 Å². The summed E-state index contributed by atoms with van der Waals surface area (Å²) in [5, 5.41) is 18.7. The van der Waals surface area contributed by atoms with Crippen molar-refractivity contribution in [3.05, 3.63) is 108 Å². The first kappa shape index (κ1) is 32.0. The van der Waals surface area contributed by atoms with E-state index < -0.39 is 53.8 Å². The Hall–Kier alpha value is -4.96. The molecule has 0 spiro atoms. The summed E-state index contributed by atoms with van der Waals surface area (Å²) in [6.07, 6.45) is 2.29. The van der Waals surface area contributed by atoms with E-state index >= 15 is 0 Å². The Bertz CT molecular complexity index is 1570. The number of nitrogens with one attached hydrogen (secondary N) is 4. The summed E-state index contributed by atoms with van der Waals surface area (Å²) in [7, 11) is 0. The van der Waals surface area contributed by atoms with E-state index in [0.717, 1.165) is 27.6 Å². The Labute approximate surface area is 256 Å². The number of nitrogens with two attached hydrogens (primary N) is 1. The molecule has 0 bridgehead atoms. The predicted octanol–water partition coefficient (Wildman–Crippen LogP) is 2.72.